The monoisotopic (exact) mass is 236 g/mol. The Labute approximate surface area is 100 Å². The number of methoxy groups -OCH3 is 1. The molecule has 0 aliphatic carbocycles. The van der Waals surface area contributed by atoms with Crippen LogP contribution in [0.3, 0.4) is 0 Å². The van der Waals surface area contributed by atoms with E-state index in [2.05, 4.69) is 11.4 Å². The topological polar surface area (TPSA) is 85.5 Å². The first-order valence-electron chi connectivity index (χ1n) is 5.28. The summed E-state index contributed by atoms with van der Waals surface area (Å²) in [5, 5.41) is 29.6. The van der Waals surface area contributed by atoms with Crippen LogP contribution >= 0.6 is 0 Å². The third kappa shape index (κ3) is 4.04. The van der Waals surface area contributed by atoms with Gasteiger partial charge in [-0.3, -0.25) is 0 Å². The minimum atomic E-state index is -0.778. The Morgan fingerprint density at radius 2 is 2.29 bits per heavy atom. The van der Waals surface area contributed by atoms with Crippen molar-refractivity contribution in [1.82, 2.24) is 5.32 Å². The molecule has 0 aromatic heterocycles. The zero-order valence-corrected chi connectivity index (χ0v) is 9.68. The van der Waals surface area contributed by atoms with E-state index in [9.17, 15) is 0 Å². The Kier molecular flexibility index (Phi) is 5.43. The predicted molar refractivity (Wildman–Crippen MR) is 62.5 cm³/mol. The van der Waals surface area contributed by atoms with Gasteiger partial charge < -0.3 is 20.3 Å². The van der Waals surface area contributed by atoms with Crippen LogP contribution in [0.5, 0.6) is 5.75 Å². The van der Waals surface area contributed by atoms with Crippen molar-refractivity contribution >= 4 is 0 Å². The van der Waals surface area contributed by atoms with E-state index in [1.54, 1.807) is 25.3 Å². The zero-order chi connectivity index (χ0) is 12.7. The van der Waals surface area contributed by atoms with Gasteiger partial charge in [-0.2, -0.15) is 5.26 Å². The number of nitrogens with one attached hydrogen (secondary N) is 1. The van der Waals surface area contributed by atoms with Gasteiger partial charge in [-0.1, -0.05) is 0 Å². The molecule has 17 heavy (non-hydrogen) atoms. The number of benzene rings is 1. The van der Waals surface area contributed by atoms with Crippen LogP contribution in [-0.4, -0.2) is 36.6 Å². The van der Waals surface area contributed by atoms with Crippen LogP contribution in [0.25, 0.3) is 0 Å². The van der Waals surface area contributed by atoms with Crippen LogP contribution in [0.4, 0.5) is 0 Å². The van der Waals surface area contributed by atoms with Crippen molar-refractivity contribution in [3.8, 4) is 11.8 Å². The Balaban J connectivity index is 2.65. The van der Waals surface area contributed by atoms with E-state index in [-0.39, 0.29) is 13.2 Å². The second-order valence-corrected chi connectivity index (χ2v) is 3.61. The highest BCUT2D eigenvalue weighted by Gasteiger charge is 2.06. The van der Waals surface area contributed by atoms with Crippen molar-refractivity contribution < 1.29 is 14.9 Å². The number of hydrogen-bond acceptors (Lipinski definition) is 5. The predicted octanol–water partition coefficient (Wildman–Crippen LogP) is 0.00968. The zero-order valence-electron chi connectivity index (χ0n) is 9.68. The van der Waals surface area contributed by atoms with E-state index >= 15 is 0 Å². The molecule has 0 amide bonds. The normalized spacial score (nSPS) is 11.9. The van der Waals surface area contributed by atoms with Crippen LogP contribution in [-0.2, 0) is 6.54 Å². The molecule has 1 atom stereocenters. The van der Waals surface area contributed by atoms with Crippen LogP contribution in [0.1, 0.15) is 11.1 Å². The Bertz CT molecular complexity index is 401. The molecule has 1 unspecified atom stereocenters. The lowest BCUT2D eigenvalue weighted by atomic mass is 10.1. The molecule has 0 heterocycles. The summed E-state index contributed by atoms with van der Waals surface area (Å²) in [5.41, 5.74) is 1.40. The van der Waals surface area contributed by atoms with Crippen molar-refractivity contribution in [1.29, 1.82) is 5.26 Å². The summed E-state index contributed by atoms with van der Waals surface area (Å²) >= 11 is 0. The summed E-state index contributed by atoms with van der Waals surface area (Å²) in [5.74, 6) is 0.690. The summed E-state index contributed by atoms with van der Waals surface area (Å²) < 4.78 is 5.17. The first kappa shape index (κ1) is 13.5. The van der Waals surface area contributed by atoms with Crippen LogP contribution < -0.4 is 10.1 Å². The molecule has 92 valence electrons. The third-order valence-corrected chi connectivity index (χ3v) is 2.32. The fourth-order valence-corrected chi connectivity index (χ4v) is 1.42. The second kappa shape index (κ2) is 6.86. The minimum Gasteiger partial charge on any atom is -0.496 e. The molecule has 0 aliphatic rings. The SMILES string of the molecule is COc1ccc(C#N)cc1CNCC(O)CO. The van der Waals surface area contributed by atoms with Crippen LogP contribution in [0, 0.1) is 11.3 Å². The largest absolute Gasteiger partial charge is 0.496 e. The lowest BCUT2D eigenvalue weighted by Crippen LogP contribution is -2.29. The molecule has 0 saturated carbocycles. The lowest BCUT2D eigenvalue weighted by Gasteiger charge is -2.11. The summed E-state index contributed by atoms with van der Waals surface area (Å²) in [6, 6.07) is 7.21. The molecule has 1 aromatic rings. The molecule has 3 N–H and O–H groups in total. The molecule has 0 saturated heterocycles. The van der Waals surface area contributed by atoms with Crippen molar-refractivity contribution in [2.45, 2.75) is 12.6 Å². The highest BCUT2D eigenvalue weighted by Crippen LogP contribution is 2.19. The van der Waals surface area contributed by atoms with Crippen molar-refractivity contribution in [3.05, 3.63) is 29.3 Å². The maximum absolute atomic E-state index is 9.17. The molecule has 1 aromatic carbocycles. The quantitative estimate of drug-likeness (QED) is 0.648. The molecular weight excluding hydrogens is 220 g/mol. The van der Waals surface area contributed by atoms with Crippen LogP contribution in [0.2, 0.25) is 0 Å². The number of ether oxygens (including phenoxy) is 1. The molecule has 0 bridgehead atoms. The maximum Gasteiger partial charge on any atom is 0.123 e. The van der Waals surface area contributed by atoms with Gasteiger partial charge in [0.25, 0.3) is 0 Å². The number of aliphatic hydroxyl groups is 2. The fourth-order valence-electron chi connectivity index (χ4n) is 1.42. The van der Waals surface area contributed by atoms with Crippen molar-refractivity contribution in [2.75, 3.05) is 20.3 Å². The summed E-state index contributed by atoms with van der Waals surface area (Å²) in [6.45, 7) is 0.481. The standard InChI is InChI=1S/C12H16N2O3/c1-17-12-3-2-9(5-13)4-10(12)6-14-7-11(16)8-15/h2-4,11,14-16H,6-8H2,1H3. The number of rotatable bonds is 6. The van der Waals surface area contributed by atoms with Crippen molar-refractivity contribution in [2.24, 2.45) is 0 Å². The van der Waals surface area contributed by atoms with Gasteiger partial charge >= 0.3 is 0 Å². The third-order valence-electron chi connectivity index (χ3n) is 2.32. The van der Waals surface area contributed by atoms with E-state index < -0.39 is 6.10 Å². The molecule has 0 fully saturated rings. The molecule has 5 heteroatoms. The Hall–Kier alpha value is -1.61. The van der Waals surface area contributed by atoms with E-state index in [0.717, 1.165) is 5.56 Å². The smallest absolute Gasteiger partial charge is 0.123 e. The average Bonchev–Trinajstić information content (AvgIpc) is 2.38. The molecule has 0 aliphatic heterocycles. The van der Waals surface area contributed by atoms with Gasteiger partial charge in [-0.15, -0.1) is 0 Å². The van der Waals surface area contributed by atoms with Gasteiger partial charge in [0.1, 0.15) is 5.75 Å². The lowest BCUT2D eigenvalue weighted by molar-refractivity contribution is 0.0942. The Morgan fingerprint density at radius 1 is 1.53 bits per heavy atom. The summed E-state index contributed by atoms with van der Waals surface area (Å²) in [6.07, 6.45) is -0.778. The van der Waals surface area contributed by atoms with E-state index in [0.29, 0.717) is 17.9 Å². The molecule has 5 nitrogen and oxygen atoms in total. The van der Waals surface area contributed by atoms with Gasteiger partial charge in [0.05, 0.1) is 31.5 Å². The highest BCUT2D eigenvalue weighted by molar-refractivity contribution is 5.41. The van der Waals surface area contributed by atoms with E-state index in [1.165, 1.54) is 0 Å². The fraction of sp³-hybridized carbons (Fsp3) is 0.417. The number of nitrogens with zero attached hydrogens (tertiary/aromatic N) is 1. The molecule has 0 spiro atoms. The molecule has 0 radical (unpaired) electrons. The van der Waals surface area contributed by atoms with E-state index in [1.807, 2.05) is 0 Å². The second-order valence-electron chi connectivity index (χ2n) is 3.61. The van der Waals surface area contributed by atoms with Gasteiger partial charge in [0.2, 0.25) is 0 Å². The first-order chi connectivity index (χ1) is 8.21. The van der Waals surface area contributed by atoms with E-state index in [4.69, 9.17) is 20.2 Å². The molecule has 1 rings (SSSR count). The van der Waals surface area contributed by atoms with Gasteiger partial charge in [0, 0.05) is 18.7 Å². The summed E-state index contributed by atoms with van der Waals surface area (Å²) in [4.78, 5) is 0. The highest BCUT2D eigenvalue weighted by atomic mass is 16.5. The molecular formula is C12H16N2O3. The van der Waals surface area contributed by atoms with Gasteiger partial charge in [-0.25, -0.2) is 0 Å². The number of nitriles is 1. The Morgan fingerprint density at radius 3 is 2.88 bits per heavy atom. The van der Waals surface area contributed by atoms with Gasteiger partial charge in [0.15, 0.2) is 0 Å². The number of aliphatic hydroxyl groups excluding tert-OH is 2. The minimum absolute atomic E-state index is 0.275. The average molecular weight is 236 g/mol. The summed E-state index contributed by atoms with van der Waals surface area (Å²) in [7, 11) is 1.56. The van der Waals surface area contributed by atoms with Crippen LogP contribution in [0.15, 0.2) is 18.2 Å². The maximum atomic E-state index is 9.17. The van der Waals surface area contributed by atoms with Crippen molar-refractivity contribution in [3.63, 3.8) is 0 Å². The number of hydrogen-bond donors (Lipinski definition) is 3. The van der Waals surface area contributed by atoms with Gasteiger partial charge in [-0.05, 0) is 18.2 Å². The first-order valence-corrected chi connectivity index (χ1v) is 5.28.